The maximum absolute atomic E-state index is 13.9. The Balaban J connectivity index is 1.66. The number of carbonyl (C=O) groups excluding carboxylic acids is 1. The zero-order valence-corrected chi connectivity index (χ0v) is 14.7. The van der Waals surface area contributed by atoms with Gasteiger partial charge in [0.1, 0.15) is 5.82 Å². The molecule has 0 bridgehead atoms. The average Bonchev–Trinajstić information content (AvgIpc) is 2.61. The van der Waals surface area contributed by atoms with Crippen molar-refractivity contribution < 1.29 is 9.18 Å². The number of hydrogen-bond donors (Lipinski definition) is 1. The maximum Gasteiger partial charge on any atom is 0.253 e. The molecule has 0 aromatic heterocycles. The van der Waals surface area contributed by atoms with Crippen LogP contribution in [-0.4, -0.2) is 43.0 Å². The number of nitrogens with one attached hydrogen (secondary N) is 1. The summed E-state index contributed by atoms with van der Waals surface area (Å²) >= 11 is 0. The van der Waals surface area contributed by atoms with E-state index < -0.39 is 0 Å². The second-order valence-electron chi connectivity index (χ2n) is 6.64. The van der Waals surface area contributed by atoms with Gasteiger partial charge in [-0.25, -0.2) is 4.39 Å². The van der Waals surface area contributed by atoms with E-state index in [2.05, 4.69) is 10.2 Å². The number of amides is 1. The summed E-state index contributed by atoms with van der Waals surface area (Å²) in [6.45, 7) is 6.72. The fourth-order valence-electron chi connectivity index (χ4n) is 3.10. The highest BCUT2D eigenvalue weighted by Gasteiger charge is 2.22. The molecular formula is C20H24FN3O. The highest BCUT2D eigenvalue weighted by atomic mass is 19.1. The van der Waals surface area contributed by atoms with Gasteiger partial charge in [-0.2, -0.15) is 0 Å². The minimum atomic E-state index is -0.247. The third kappa shape index (κ3) is 4.29. The van der Waals surface area contributed by atoms with E-state index in [0.717, 1.165) is 11.4 Å². The first kappa shape index (κ1) is 17.3. The van der Waals surface area contributed by atoms with E-state index in [9.17, 15) is 9.18 Å². The van der Waals surface area contributed by atoms with Crippen molar-refractivity contribution in [2.75, 3.05) is 36.4 Å². The summed E-state index contributed by atoms with van der Waals surface area (Å²) in [6, 6.07) is 14.6. The zero-order chi connectivity index (χ0) is 17.8. The SMILES string of the molecule is CC(C)Nc1cc(F)cc(N2CCN(C(=O)c3ccccc3)CC2)c1. The van der Waals surface area contributed by atoms with Crippen LogP contribution in [0.15, 0.2) is 48.5 Å². The average molecular weight is 341 g/mol. The minimum absolute atomic E-state index is 0.0571. The monoisotopic (exact) mass is 341 g/mol. The van der Waals surface area contributed by atoms with Gasteiger partial charge in [0.05, 0.1) is 0 Å². The molecule has 1 amide bonds. The molecule has 1 saturated heterocycles. The number of halogens is 1. The van der Waals surface area contributed by atoms with Crippen molar-refractivity contribution in [1.82, 2.24) is 4.90 Å². The molecule has 132 valence electrons. The Morgan fingerprint density at radius 2 is 1.72 bits per heavy atom. The molecule has 1 aliphatic heterocycles. The summed E-state index contributed by atoms with van der Waals surface area (Å²) in [5.41, 5.74) is 2.35. The normalized spacial score (nSPS) is 14.7. The van der Waals surface area contributed by atoms with Crippen LogP contribution in [0.5, 0.6) is 0 Å². The Hall–Kier alpha value is -2.56. The van der Waals surface area contributed by atoms with Crippen LogP contribution in [0, 0.1) is 5.82 Å². The Bertz CT molecular complexity index is 725. The molecule has 4 nitrogen and oxygen atoms in total. The molecule has 0 aliphatic carbocycles. The molecule has 25 heavy (non-hydrogen) atoms. The van der Waals surface area contributed by atoms with Gasteiger partial charge >= 0.3 is 0 Å². The summed E-state index contributed by atoms with van der Waals surface area (Å²) in [7, 11) is 0. The van der Waals surface area contributed by atoms with E-state index in [1.807, 2.05) is 55.1 Å². The van der Waals surface area contributed by atoms with Crippen LogP contribution in [0.3, 0.4) is 0 Å². The molecule has 5 heteroatoms. The number of nitrogens with zero attached hydrogens (tertiary/aromatic N) is 2. The summed E-state index contributed by atoms with van der Waals surface area (Å²) < 4.78 is 13.9. The molecule has 0 spiro atoms. The Kier molecular flexibility index (Phi) is 5.22. The highest BCUT2D eigenvalue weighted by molar-refractivity contribution is 5.94. The van der Waals surface area contributed by atoms with Gasteiger partial charge in [-0.15, -0.1) is 0 Å². The number of piperazine rings is 1. The molecular weight excluding hydrogens is 317 g/mol. The van der Waals surface area contributed by atoms with E-state index in [1.165, 1.54) is 6.07 Å². The van der Waals surface area contributed by atoms with Crippen molar-refractivity contribution in [3.8, 4) is 0 Å². The predicted octanol–water partition coefficient (Wildman–Crippen LogP) is 3.61. The number of rotatable bonds is 4. The molecule has 0 radical (unpaired) electrons. The second kappa shape index (κ2) is 7.55. The van der Waals surface area contributed by atoms with Crippen LogP contribution >= 0.6 is 0 Å². The van der Waals surface area contributed by atoms with Crippen LogP contribution in [0.4, 0.5) is 15.8 Å². The molecule has 2 aromatic carbocycles. The quantitative estimate of drug-likeness (QED) is 0.923. The van der Waals surface area contributed by atoms with Gasteiger partial charge in [0.25, 0.3) is 5.91 Å². The molecule has 2 aromatic rings. The number of carbonyl (C=O) groups is 1. The molecule has 1 heterocycles. The molecule has 3 rings (SSSR count). The predicted molar refractivity (Wildman–Crippen MR) is 99.7 cm³/mol. The largest absolute Gasteiger partial charge is 0.383 e. The molecule has 0 unspecified atom stereocenters. The number of anilines is 2. The molecule has 0 atom stereocenters. The lowest BCUT2D eigenvalue weighted by molar-refractivity contribution is 0.0746. The molecule has 0 saturated carbocycles. The lowest BCUT2D eigenvalue weighted by Gasteiger charge is -2.36. The fraction of sp³-hybridized carbons (Fsp3) is 0.350. The first-order valence-electron chi connectivity index (χ1n) is 8.69. The van der Waals surface area contributed by atoms with Crippen LogP contribution < -0.4 is 10.2 Å². The van der Waals surface area contributed by atoms with Crippen LogP contribution in [0.1, 0.15) is 24.2 Å². The Morgan fingerprint density at radius 1 is 1.04 bits per heavy atom. The van der Waals surface area contributed by atoms with Gasteiger partial charge in [0.2, 0.25) is 0 Å². The van der Waals surface area contributed by atoms with Crippen molar-refractivity contribution in [2.24, 2.45) is 0 Å². The van der Waals surface area contributed by atoms with Gasteiger partial charge in [-0.05, 0) is 44.2 Å². The topological polar surface area (TPSA) is 35.6 Å². The fourth-order valence-corrected chi connectivity index (χ4v) is 3.10. The van der Waals surface area contributed by atoms with Gasteiger partial charge in [-0.1, -0.05) is 18.2 Å². The van der Waals surface area contributed by atoms with Crippen LogP contribution in [0.2, 0.25) is 0 Å². The smallest absolute Gasteiger partial charge is 0.253 e. The van der Waals surface area contributed by atoms with Crippen LogP contribution in [0.25, 0.3) is 0 Å². The van der Waals surface area contributed by atoms with Crippen molar-refractivity contribution in [3.05, 3.63) is 59.9 Å². The van der Waals surface area contributed by atoms with E-state index >= 15 is 0 Å². The van der Waals surface area contributed by atoms with Crippen LogP contribution in [-0.2, 0) is 0 Å². The van der Waals surface area contributed by atoms with E-state index in [-0.39, 0.29) is 17.8 Å². The maximum atomic E-state index is 13.9. The summed E-state index contributed by atoms with van der Waals surface area (Å²) in [4.78, 5) is 16.5. The van der Waals surface area contributed by atoms with Crippen molar-refractivity contribution in [2.45, 2.75) is 19.9 Å². The van der Waals surface area contributed by atoms with Crippen molar-refractivity contribution >= 4 is 17.3 Å². The van der Waals surface area contributed by atoms with Crippen molar-refractivity contribution in [1.29, 1.82) is 0 Å². The lowest BCUT2D eigenvalue weighted by Crippen LogP contribution is -2.48. The van der Waals surface area contributed by atoms with Gasteiger partial charge in [0, 0.05) is 49.2 Å². The molecule has 1 aliphatic rings. The summed E-state index contributed by atoms with van der Waals surface area (Å²) in [6.07, 6.45) is 0. The third-order valence-electron chi connectivity index (χ3n) is 4.29. The first-order valence-corrected chi connectivity index (χ1v) is 8.69. The standard InChI is InChI=1S/C20H24FN3O/c1-15(2)22-18-12-17(21)13-19(14-18)23-8-10-24(11-9-23)20(25)16-6-4-3-5-7-16/h3-7,12-15,22H,8-11H2,1-2H3. The zero-order valence-electron chi connectivity index (χ0n) is 14.7. The van der Waals surface area contributed by atoms with E-state index in [1.54, 1.807) is 6.07 Å². The van der Waals surface area contributed by atoms with E-state index in [0.29, 0.717) is 31.7 Å². The third-order valence-corrected chi connectivity index (χ3v) is 4.29. The Labute approximate surface area is 148 Å². The van der Waals surface area contributed by atoms with Gasteiger partial charge < -0.3 is 15.1 Å². The van der Waals surface area contributed by atoms with Crippen molar-refractivity contribution in [3.63, 3.8) is 0 Å². The lowest BCUT2D eigenvalue weighted by atomic mass is 10.1. The molecule has 1 fully saturated rings. The van der Waals surface area contributed by atoms with E-state index in [4.69, 9.17) is 0 Å². The Morgan fingerprint density at radius 3 is 2.36 bits per heavy atom. The van der Waals surface area contributed by atoms with Gasteiger partial charge in [0.15, 0.2) is 0 Å². The first-order chi connectivity index (χ1) is 12.0. The second-order valence-corrected chi connectivity index (χ2v) is 6.64. The summed E-state index contributed by atoms with van der Waals surface area (Å²) in [5, 5.41) is 3.24. The molecule has 1 N–H and O–H groups in total. The minimum Gasteiger partial charge on any atom is -0.383 e. The number of benzene rings is 2. The number of hydrogen-bond acceptors (Lipinski definition) is 3. The highest BCUT2D eigenvalue weighted by Crippen LogP contribution is 2.24. The van der Waals surface area contributed by atoms with Gasteiger partial charge in [-0.3, -0.25) is 4.79 Å². The summed E-state index contributed by atoms with van der Waals surface area (Å²) in [5.74, 6) is -0.190.